The highest BCUT2D eigenvalue weighted by Gasteiger charge is 2.11. The van der Waals surface area contributed by atoms with Gasteiger partial charge in [-0.25, -0.2) is 4.98 Å². The van der Waals surface area contributed by atoms with E-state index in [0.29, 0.717) is 18.7 Å². The van der Waals surface area contributed by atoms with Crippen molar-refractivity contribution in [2.45, 2.75) is 26.4 Å². The highest BCUT2D eigenvalue weighted by Crippen LogP contribution is 2.21. The molecule has 148 valence electrons. The number of aromatic nitrogens is 1. The molecule has 2 aromatic heterocycles. The molecule has 5 nitrogen and oxygen atoms in total. The lowest BCUT2D eigenvalue weighted by Crippen LogP contribution is -2.25. The van der Waals surface area contributed by atoms with Gasteiger partial charge in [0.2, 0.25) is 0 Å². The standard InChI is InChI=1S/C23H22N2O3S/c1-2-22-25-18(15-29-22)11-12-24-23(26)21-10-9-20(28-21)14-27-19-8-7-16-5-3-4-6-17(16)13-19/h3-10,13,15H,2,11-12,14H2,1H3,(H,24,26). The lowest BCUT2D eigenvalue weighted by Gasteiger charge is -2.06. The van der Waals surface area contributed by atoms with E-state index in [-0.39, 0.29) is 18.3 Å². The topological polar surface area (TPSA) is 64.4 Å². The summed E-state index contributed by atoms with van der Waals surface area (Å²) in [5.74, 6) is 1.43. The quantitative estimate of drug-likeness (QED) is 0.447. The highest BCUT2D eigenvalue weighted by atomic mass is 32.1. The molecule has 29 heavy (non-hydrogen) atoms. The van der Waals surface area contributed by atoms with Gasteiger partial charge in [0.25, 0.3) is 5.91 Å². The molecule has 0 aliphatic rings. The summed E-state index contributed by atoms with van der Waals surface area (Å²) in [5.41, 5.74) is 1.01. The lowest BCUT2D eigenvalue weighted by molar-refractivity contribution is 0.0922. The van der Waals surface area contributed by atoms with Crippen LogP contribution >= 0.6 is 11.3 Å². The number of hydrogen-bond donors (Lipinski definition) is 1. The number of nitrogens with zero attached hydrogens (tertiary/aromatic N) is 1. The molecule has 6 heteroatoms. The van der Waals surface area contributed by atoms with Gasteiger partial charge in [0.1, 0.15) is 18.1 Å². The zero-order valence-corrected chi connectivity index (χ0v) is 17.0. The molecule has 0 atom stereocenters. The summed E-state index contributed by atoms with van der Waals surface area (Å²) in [6, 6.07) is 17.5. The first-order valence-electron chi connectivity index (χ1n) is 9.63. The minimum Gasteiger partial charge on any atom is -0.486 e. The number of nitrogens with one attached hydrogen (secondary N) is 1. The summed E-state index contributed by atoms with van der Waals surface area (Å²) in [6.45, 7) is 2.88. The fraction of sp³-hybridized carbons (Fsp3) is 0.217. The number of amides is 1. The second kappa shape index (κ2) is 8.92. The number of carbonyl (C=O) groups excluding carboxylic acids is 1. The Labute approximate surface area is 173 Å². The molecule has 4 rings (SSSR count). The van der Waals surface area contributed by atoms with Gasteiger partial charge in [0.15, 0.2) is 5.76 Å². The van der Waals surface area contributed by atoms with E-state index in [1.165, 1.54) is 5.39 Å². The van der Waals surface area contributed by atoms with E-state index in [1.807, 2.05) is 41.8 Å². The van der Waals surface area contributed by atoms with Gasteiger partial charge in [-0.15, -0.1) is 11.3 Å². The number of rotatable bonds is 8. The molecule has 0 fully saturated rings. The molecule has 2 heterocycles. The van der Waals surface area contributed by atoms with E-state index in [4.69, 9.17) is 9.15 Å². The van der Waals surface area contributed by atoms with Crippen LogP contribution in [0.2, 0.25) is 0 Å². The third-order valence-corrected chi connectivity index (χ3v) is 5.60. The van der Waals surface area contributed by atoms with Crippen LogP contribution in [0.3, 0.4) is 0 Å². The summed E-state index contributed by atoms with van der Waals surface area (Å²) in [4.78, 5) is 16.8. The van der Waals surface area contributed by atoms with Crippen LogP contribution in [-0.4, -0.2) is 17.4 Å². The largest absolute Gasteiger partial charge is 0.486 e. The van der Waals surface area contributed by atoms with Gasteiger partial charge in [-0.3, -0.25) is 4.79 Å². The van der Waals surface area contributed by atoms with Gasteiger partial charge in [-0.2, -0.15) is 0 Å². The van der Waals surface area contributed by atoms with Crippen molar-refractivity contribution in [1.29, 1.82) is 0 Å². The predicted octanol–water partition coefficient (Wildman–Crippen LogP) is 5.00. The number of benzene rings is 2. The predicted molar refractivity (Wildman–Crippen MR) is 115 cm³/mol. The Morgan fingerprint density at radius 2 is 2.00 bits per heavy atom. The average Bonchev–Trinajstić information content (AvgIpc) is 3.41. The van der Waals surface area contributed by atoms with Crippen LogP contribution in [0.1, 0.15) is 33.9 Å². The monoisotopic (exact) mass is 406 g/mol. The van der Waals surface area contributed by atoms with E-state index < -0.39 is 0 Å². The van der Waals surface area contributed by atoms with Crippen molar-refractivity contribution in [3.05, 3.63) is 82.2 Å². The summed E-state index contributed by atoms with van der Waals surface area (Å²) in [6.07, 6.45) is 1.65. The number of aryl methyl sites for hydroxylation is 1. The van der Waals surface area contributed by atoms with Gasteiger partial charge in [0.05, 0.1) is 10.7 Å². The van der Waals surface area contributed by atoms with Crippen molar-refractivity contribution in [1.82, 2.24) is 10.3 Å². The zero-order chi connectivity index (χ0) is 20.1. The maximum absolute atomic E-state index is 12.3. The Morgan fingerprint density at radius 3 is 2.83 bits per heavy atom. The van der Waals surface area contributed by atoms with Gasteiger partial charge >= 0.3 is 0 Å². The van der Waals surface area contributed by atoms with Crippen molar-refractivity contribution < 1.29 is 13.9 Å². The first kappa shape index (κ1) is 19.2. The molecule has 0 aliphatic heterocycles. The molecule has 0 unspecified atom stereocenters. The maximum Gasteiger partial charge on any atom is 0.287 e. The van der Waals surface area contributed by atoms with Gasteiger partial charge in [-0.1, -0.05) is 37.3 Å². The fourth-order valence-corrected chi connectivity index (χ4v) is 3.79. The van der Waals surface area contributed by atoms with Crippen LogP contribution in [0.15, 0.2) is 64.4 Å². The van der Waals surface area contributed by atoms with Crippen molar-refractivity contribution in [2.75, 3.05) is 6.54 Å². The van der Waals surface area contributed by atoms with Crippen molar-refractivity contribution >= 4 is 28.0 Å². The molecule has 1 amide bonds. The number of furan rings is 1. The fourth-order valence-electron chi connectivity index (χ4n) is 3.01. The number of thiazole rings is 1. The molecule has 0 saturated carbocycles. The molecular formula is C23H22N2O3S. The Bertz CT molecular complexity index is 1120. The second-order valence-corrected chi connectivity index (χ2v) is 7.60. The molecule has 0 saturated heterocycles. The first-order valence-corrected chi connectivity index (χ1v) is 10.5. The minimum atomic E-state index is -0.229. The molecule has 1 N–H and O–H groups in total. The Balaban J connectivity index is 1.28. The van der Waals surface area contributed by atoms with E-state index >= 15 is 0 Å². The molecule has 4 aromatic rings. The third-order valence-electron chi connectivity index (χ3n) is 4.56. The molecule has 0 spiro atoms. The summed E-state index contributed by atoms with van der Waals surface area (Å²) >= 11 is 1.66. The zero-order valence-electron chi connectivity index (χ0n) is 16.2. The molecular weight excluding hydrogens is 384 g/mol. The van der Waals surface area contributed by atoms with Gasteiger partial charge < -0.3 is 14.5 Å². The van der Waals surface area contributed by atoms with Crippen molar-refractivity contribution in [3.63, 3.8) is 0 Å². The minimum absolute atomic E-state index is 0.229. The van der Waals surface area contributed by atoms with Crippen LogP contribution in [0, 0.1) is 0 Å². The van der Waals surface area contributed by atoms with Crippen LogP contribution in [0.5, 0.6) is 5.75 Å². The Kier molecular flexibility index (Phi) is 5.91. The van der Waals surface area contributed by atoms with Crippen molar-refractivity contribution in [2.24, 2.45) is 0 Å². The van der Waals surface area contributed by atoms with Crippen LogP contribution < -0.4 is 10.1 Å². The number of carbonyl (C=O) groups is 1. The smallest absolute Gasteiger partial charge is 0.287 e. The average molecular weight is 407 g/mol. The van der Waals surface area contributed by atoms with Crippen LogP contribution in [0.25, 0.3) is 10.8 Å². The summed E-state index contributed by atoms with van der Waals surface area (Å²) in [5, 5.41) is 8.32. The Morgan fingerprint density at radius 1 is 1.14 bits per heavy atom. The number of hydrogen-bond acceptors (Lipinski definition) is 5. The van der Waals surface area contributed by atoms with Crippen LogP contribution in [-0.2, 0) is 19.4 Å². The summed E-state index contributed by atoms with van der Waals surface area (Å²) < 4.78 is 11.4. The third kappa shape index (κ3) is 4.84. The van der Waals surface area contributed by atoms with E-state index in [9.17, 15) is 4.79 Å². The van der Waals surface area contributed by atoms with Crippen molar-refractivity contribution in [3.8, 4) is 5.75 Å². The van der Waals surface area contributed by atoms with Crippen LogP contribution in [0.4, 0.5) is 0 Å². The Hall–Kier alpha value is -3.12. The lowest BCUT2D eigenvalue weighted by atomic mass is 10.1. The normalized spacial score (nSPS) is 10.9. The molecule has 2 aromatic carbocycles. The van der Waals surface area contributed by atoms with E-state index in [1.54, 1.807) is 23.5 Å². The van der Waals surface area contributed by atoms with Gasteiger partial charge in [0, 0.05) is 18.3 Å². The maximum atomic E-state index is 12.3. The molecule has 0 radical (unpaired) electrons. The van der Waals surface area contributed by atoms with E-state index in [2.05, 4.69) is 23.3 Å². The number of fused-ring (bicyclic) bond motifs is 1. The second-order valence-electron chi connectivity index (χ2n) is 6.66. The molecule has 0 bridgehead atoms. The van der Waals surface area contributed by atoms with Gasteiger partial charge in [-0.05, 0) is 41.5 Å². The highest BCUT2D eigenvalue weighted by molar-refractivity contribution is 7.09. The first-order chi connectivity index (χ1) is 14.2. The summed E-state index contributed by atoms with van der Waals surface area (Å²) in [7, 11) is 0. The number of ether oxygens (including phenoxy) is 1. The molecule has 0 aliphatic carbocycles. The SMILES string of the molecule is CCc1nc(CCNC(=O)c2ccc(COc3ccc4ccccc4c3)o2)cs1. The van der Waals surface area contributed by atoms with E-state index in [0.717, 1.165) is 28.3 Å².